The summed E-state index contributed by atoms with van der Waals surface area (Å²) in [6, 6.07) is -0.131. The minimum Gasteiger partial charge on any atom is -0.384 e. The Labute approximate surface area is 105 Å². The fourth-order valence-corrected chi connectivity index (χ4v) is 2.06. The van der Waals surface area contributed by atoms with Crippen molar-refractivity contribution < 1.29 is 9.53 Å². The van der Waals surface area contributed by atoms with Crippen LogP contribution in [0.5, 0.6) is 0 Å². The van der Waals surface area contributed by atoms with E-state index in [1.807, 2.05) is 13.8 Å². The van der Waals surface area contributed by atoms with Gasteiger partial charge in [0.1, 0.15) is 10.7 Å². The second-order valence-corrected chi connectivity index (χ2v) is 5.02. The van der Waals surface area contributed by atoms with Gasteiger partial charge in [-0.15, -0.1) is 11.3 Å². The average molecular weight is 257 g/mol. The van der Waals surface area contributed by atoms with Crippen LogP contribution in [0.3, 0.4) is 0 Å². The number of methoxy groups -OCH3 is 1. The Balaban J connectivity index is 2.46. The third-order valence-corrected chi connectivity index (χ3v) is 3.25. The Kier molecular flexibility index (Phi) is 5.54. The number of nitrogens with zero attached hydrogens (tertiary/aromatic N) is 1. The van der Waals surface area contributed by atoms with Crippen LogP contribution in [-0.2, 0) is 4.74 Å². The number of amides is 1. The molecule has 5 nitrogen and oxygen atoms in total. The molecule has 0 fully saturated rings. The minimum absolute atomic E-state index is 0.131. The van der Waals surface area contributed by atoms with Crippen LogP contribution in [0.25, 0.3) is 0 Å². The summed E-state index contributed by atoms with van der Waals surface area (Å²) in [5.41, 5.74) is 6.13. The molecular weight excluding hydrogens is 238 g/mol. The van der Waals surface area contributed by atoms with E-state index in [1.54, 1.807) is 12.5 Å². The molecule has 0 aliphatic heterocycles. The van der Waals surface area contributed by atoms with Crippen molar-refractivity contribution in [3.8, 4) is 0 Å². The molecule has 1 aromatic heterocycles. The number of carbonyl (C=O) groups is 1. The Morgan fingerprint density at radius 2 is 2.35 bits per heavy atom. The van der Waals surface area contributed by atoms with Crippen LogP contribution in [0.4, 0.5) is 0 Å². The zero-order chi connectivity index (χ0) is 12.8. The Morgan fingerprint density at radius 3 is 2.88 bits per heavy atom. The molecule has 17 heavy (non-hydrogen) atoms. The third-order valence-electron chi connectivity index (χ3n) is 2.21. The quantitative estimate of drug-likeness (QED) is 0.802. The van der Waals surface area contributed by atoms with Crippen molar-refractivity contribution in [2.24, 2.45) is 11.7 Å². The van der Waals surface area contributed by atoms with Crippen molar-refractivity contribution in [2.75, 3.05) is 20.3 Å². The van der Waals surface area contributed by atoms with Gasteiger partial charge in [-0.1, -0.05) is 6.92 Å². The number of nitrogens with one attached hydrogen (secondary N) is 1. The summed E-state index contributed by atoms with van der Waals surface area (Å²) in [6.07, 6.45) is 0. The second-order valence-electron chi connectivity index (χ2n) is 4.13. The smallest absolute Gasteiger partial charge is 0.270 e. The van der Waals surface area contributed by atoms with Crippen LogP contribution >= 0.6 is 11.3 Å². The molecule has 0 bridgehead atoms. The van der Waals surface area contributed by atoms with E-state index in [2.05, 4.69) is 10.3 Å². The van der Waals surface area contributed by atoms with Crippen molar-refractivity contribution in [1.29, 1.82) is 0 Å². The van der Waals surface area contributed by atoms with E-state index in [4.69, 9.17) is 10.5 Å². The number of hydrogen-bond acceptors (Lipinski definition) is 5. The molecule has 0 saturated heterocycles. The highest BCUT2D eigenvalue weighted by Crippen LogP contribution is 2.15. The number of hydrogen-bond donors (Lipinski definition) is 2. The molecule has 1 heterocycles. The maximum absolute atomic E-state index is 11.7. The molecule has 1 rings (SSSR count). The summed E-state index contributed by atoms with van der Waals surface area (Å²) in [4.78, 5) is 15.9. The van der Waals surface area contributed by atoms with E-state index >= 15 is 0 Å². The van der Waals surface area contributed by atoms with Crippen molar-refractivity contribution >= 4 is 17.2 Å². The number of ether oxygens (including phenoxy) is 1. The van der Waals surface area contributed by atoms with E-state index in [0.29, 0.717) is 18.8 Å². The number of thiazole rings is 1. The fraction of sp³-hybridized carbons (Fsp3) is 0.636. The number of rotatable bonds is 6. The summed E-state index contributed by atoms with van der Waals surface area (Å²) in [5.74, 6) is 0.131. The lowest BCUT2D eigenvalue weighted by molar-refractivity contribution is 0.0929. The molecule has 0 aliphatic rings. The molecule has 0 saturated carbocycles. The molecule has 0 spiro atoms. The second kappa shape index (κ2) is 6.68. The summed E-state index contributed by atoms with van der Waals surface area (Å²) in [7, 11) is 1.65. The summed E-state index contributed by atoms with van der Waals surface area (Å²) in [5, 5.41) is 5.33. The van der Waals surface area contributed by atoms with E-state index in [0.717, 1.165) is 5.01 Å². The van der Waals surface area contributed by atoms with Gasteiger partial charge in [0, 0.05) is 19.0 Å². The van der Waals surface area contributed by atoms with E-state index in [9.17, 15) is 4.79 Å². The highest BCUT2D eigenvalue weighted by molar-refractivity contribution is 7.09. The van der Waals surface area contributed by atoms with Gasteiger partial charge in [0.15, 0.2) is 0 Å². The van der Waals surface area contributed by atoms with Gasteiger partial charge in [-0.25, -0.2) is 4.98 Å². The van der Waals surface area contributed by atoms with Crippen LogP contribution in [0, 0.1) is 5.92 Å². The van der Waals surface area contributed by atoms with Gasteiger partial charge in [0.2, 0.25) is 0 Å². The summed E-state index contributed by atoms with van der Waals surface area (Å²) < 4.78 is 5.00. The fourth-order valence-electron chi connectivity index (χ4n) is 1.30. The minimum atomic E-state index is -0.156. The van der Waals surface area contributed by atoms with Crippen molar-refractivity contribution in [2.45, 2.75) is 19.9 Å². The number of nitrogens with two attached hydrogens (primary N) is 1. The molecule has 0 radical (unpaired) electrons. The zero-order valence-electron chi connectivity index (χ0n) is 10.4. The first-order chi connectivity index (χ1) is 8.04. The van der Waals surface area contributed by atoms with Gasteiger partial charge in [-0.3, -0.25) is 4.79 Å². The molecule has 3 N–H and O–H groups in total. The van der Waals surface area contributed by atoms with Crippen LogP contribution < -0.4 is 11.1 Å². The van der Waals surface area contributed by atoms with Gasteiger partial charge in [0.05, 0.1) is 12.6 Å². The largest absolute Gasteiger partial charge is 0.384 e. The maximum Gasteiger partial charge on any atom is 0.270 e. The van der Waals surface area contributed by atoms with Gasteiger partial charge in [0.25, 0.3) is 5.91 Å². The Morgan fingerprint density at radius 1 is 1.65 bits per heavy atom. The Bertz CT molecular complexity index is 365. The first kappa shape index (κ1) is 14.1. The van der Waals surface area contributed by atoms with Crippen LogP contribution in [0.2, 0.25) is 0 Å². The highest BCUT2D eigenvalue weighted by Gasteiger charge is 2.13. The first-order valence-electron chi connectivity index (χ1n) is 5.52. The zero-order valence-corrected chi connectivity index (χ0v) is 11.2. The average Bonchev–Trinajstić information content (AvgIpc) is 2.75. The number of aromatic nitrogens is 1. The van der Waals surface area contributed by atoms with Gasteiger partial charge in [-0.05, 0) is 12.8 Å². The van der Waals surface area contributed by atoms with Crippen LogP contribution in [-0.4, -0.2) is 31.2 Å². The lowest BCUT2D eigenvalue weighted by Gasteiger charge is -2.10. The molecule has 0 aliphatic carbocycles. The van der Waals surface area contributed by atoms with E-state index < -0.39 is 0 Å². The van der Waals surface area contributed by atoms with E-state index in [1.165, 1.54) is 11.3 Å². The SMILES string of the molecule is COCC(C)CNC(=O)c1csc(C(C)N)n1. The topological polar surface area (TPSA) is 77.2 Å². The van der Waals surface area contributed by atoms with Gasteiger partial charge < -0.3 is 15.8 Å². The lowest BCUT2D eigenvalue weighted by atomic mass is 10.2. The maximum atomic E-state index is 11.7. The van der Waals surface area contributed by atoms with Crippen LogP contribution in [0.1, 0.15) is 35.4 Å². The molecule has 6 heteroatoms. The highest BCUT2D eigenvalue weighted by atomic mass is 32.1. The normalized spacial score (nSPS) is 14.4. The third kappa shape index (κ3) is 4.41. The number of carbonyl (C=O) groups excluding carboxylic acids is 1. The van der Waals surface area contributed by atoms with Crippen LogP contribution in [0.15, 0.2) is 5.38 Å². The molecule has 1 aromatic rings. The van der Waals surface area contributed by atoms with Crippen molar-refractivity contribution in [3.63, 3.8) is 0 Å². The molecule has 2 atom stereocenters. The molecule has 96 valence electrons. The van der Waals surface area contributed by atoms with Crippen molar-refractivity contribution in [1.82, 2.24) is 10.3 Å². The summed E-state index contributed by atoms with van der Waals surface area (Å²) >= 11 is 1.41. The van der Waals surface area contributed by atoms with Gasteiger partial charge >= 0.3 is 0 Å². The lowest BCUT2D eigenvalue weighted by Crippen LogP contribution is -2.30. The first-order valence-corrected chi connectivity index (χ1v) is 6.40. The standard InChI is InChI=1S/C11H19N3O2S/c1-7(5-16-3)4-13-10(15)9-6-17-11(14-9)8(2)12/h6-8H,4-5,12H2,1-3H3,(H,13,15). The predicted molar refractivity (Wildman–Crippen MR) is 68.1 cm³/mol. The Hall–Kier alpha value is -0.980. The monoisotopic (exact) mass is 257 g/mol. The molecule has 0 aromatic carbocycles. The van der Waals surface area contributed by atoms with E-state index in [-0.39, 0.29) is 17.9 Å². The van der Waals surface area contributed by atoms with Crippen molar-refractivity contribution in [3.05, 3.63) is 16.1 Å². The predicted octanol–water partition coefficient (Wildman–Crippen LogP) is 1.18. The molecular formula is C11H19N3O2S. The molecule has 1 amide bonds. The van der Waals surface area contributed by atoms with Gasteiger partial charge in [-0.2, -0.15) is 0 Å². The summed E-state index contributed by atoms with van der Waals surface area (Å²) in [6.45, 7) is 5.07. The molecule has 2 unspecified atom stereocenters.